The van der Waals surface area contributed by atoms with Crippen LogP contribution in [0.1, 0.15) is 18.1 Å². The van der Waals surface area contributed by atoms with Gasteiger partial charge in [0.15, 0.2) is 0 Å². The van der Waals surface area contributed by atoms with Crippen molar-refractivity contribution in [2.75, 3.05) is 0 Å². The predicted molar refractivity (Wildman–Crippen MR) is 67.3 cm³/mol. The molecule has 0 aliphatic heterocycles. The van der Waals surface area contributed by atoms with E-state index in [4.69, 9.17) is 0 Å². The van der Waals surface area contributed by atoms with E-state index in [1.807, 2.05) is 37.4 Å². The normalized spacial score (nSPS) is 11.5. The molecule has 1 aromatic carbocycles. The first kappa shape index (κ1) is 10.6. The van der Waals surface area contributed by atoms with Gasteiger partial charge in [0, 0.05) is 23.7 Å². The predicted octanol–water partition coefficient (Wildman–Crippen LogP) is 3.53. The molecule has 2 nitrogen and oxygen atoms in total. The molecule has 0 amide bonds. The smallest absolute Gasteiger partial charge is 0.0635 e. The molecular weight excluding hydrogens is 196 g/mol. The van der Waals surface area contributed by atoms with E-state index in [1.165, 1.54) is 5.56 Å². The van der Waals surface area contributed by atoms with Gasteiger partial charge in [-0.1, -0.05) is 18.2 Å². The third-order valence-electron chi connectivity index (χ3n) is 2.38. The Hall–Kier alpha value is -1.96. The zero-order valence-corrected chi connectivity index (χ0v) is 9.51. The van der Waals surface area contributed by atoms with E-state index in [1.54, 1.807) is 6.20 Å². The standard InChI is InChI=1S/C14H14N2/c1-11-5-3-7-14(9-11)16-12(2)13-6-4-8-15-10-13/h3-10H,1-2H3/b16-12+. The first-order chi connectivity index (χ1) is 7.75. The minimum atomic E-state index is 0.985. The van der Waals surface area contributed by atoms with Gasteiger partial charge in [0.05, 0.1) is 5.69 Å². The minimum absolute atomic E-state index is 0.985. The van der Waals surface area contributed by atoms with E-state index in [-0.39, 0.29) is 0 Å². The van der Waals surface area contributed by atoms with E-state index in [0.29, 0.717) is 0 Å². The summed E-state index contributed by atoms with van der Waals surface area (Å²) in [5.74, 6) is 0. The van der Waals surface area contributed by atoms with Crippen molar-refractivity contribution < 1.29 is 0 Å². The van der Waals surface area contributed by atoms with Crippen LogP contribution in [0.2, 0.25) is 0 Å². The molecule has 2 rings (SSSR count). The van der Waals surface area contributed by atoms with Crippen molar-refractivity contribution in [2.24, 2.45) is 4.99 Å². The molecule has 0 unspecified atom stereocenters. The third kappa shape index (κ3) is 2.54. The maximum atomic E-state index is 4.57. The fourth-order valence-electron chi connectivity index (χ4n) is 1.53. The Morgan fingerprint density at radius 3 is 2.75 bits per heavy atom. The first-order valence-corrected chi connectivity index (χ1v) is 5.28. The molecule has 2 aromatic rings. The summed E-state index contributed by atoms with van der Waals surface area (Å²) >= 11 is 0. The molecule has 0 fully saturated rings. The summed E-state index contributed by atoms with van der Waals surface area (Å²) in [5, 5.41) is 0. The highest BCUT2D eigenvalue weighted by Gasteiger charge is 1.97. The average molecular weight is 210 g/mol. The SMILES string of the molecule is C/C(=N\c1cccc(C)c1)c1cccnc1. The van der Waals surface area contributed by atoms with Gasteiger partial charge >= 0.3 is 0 Å². The number of nitrogens with zero attached hydrogens (tertiary/aromatic N) is 2. The Balaban J connectivity index is 2.32. The molecule has 1 aromatic heterocycles. The Labute approximate surface area is 95.7 Å². The van der Waals surface area contributed by atoms with Gasteiger partial charge in [-0.25, -0.2) is 0 Å². The fourth-order valence-corrected chi connectivity index (χ4v) is 1.53. The van der Waals surface area contributed by atoms with Crippen LogP contribution >= 0.6 is 0 Å². The van der Waals surface area contributed by atoms with Gasteiger partial charge in [-0.3, -0.25) is 9.98 Å². The maximum Gasteiger partial charge on any atom is 0.0635 e. The van der Waals surface area contributed by atoms with Gasteiger partial charge in [0.25, 0.3) is 0 Å². The molecule has 0 bridgehead atoms. The molecule has 0 aliphatic rings. The summed E-state index contributed by atoms with van der Waals surface area (Å²) in [7, 11) is 0. The number of hydrogen-bond acceptors (Lipinski definition) is 2. The van der Waals surface area contributed by atoms with Crippen molar-refractivity contribution in [1.82, 2.24) is 4.98 Å². The van der Waals surface area contributed by atoms with Crippen LogP contribution in [0.3, 0.4) is 0 Å². The van der Waals surface area contributed by atoms with Crippen LogP contribution in [0.15, 0.2) is 53.8 Å². The van der Waals surface area contributed by atoms with Gasteiger partial charge < -0.3 is 0 Å². The second kappa shape index (κ2) is 4.71. The molecule has 0 atom stereocenters. The molecule has 2 heteroatoms. The van der Waals surface area contributed by atoms with E-state index in [2.05, 4.69) is 29.0 Å². The fraction of sp³-hybridized carbons (Fsp3) is 0.143. The molecule has 0 spiro atoms. The number of hydrogen-bond donors (Lipinski definition) is 0. The first-order valence-electron chi connectivity index (χ1n) is 5.28. The van der Waals surface area contributed by atoms with Crippen molar-refractivity contribution in [1.29, 1.82) is 0 Å². The number of aliphatic imine (C=N–C) groups is 1. The highest BCUT2D eigenvalue weighted by Crippen LogP contribution is 2.15. The van der Waals surface area contributed by atoms with Gasteiger partial charge in [0.2, 0.25) is 0 Å². The van der Waals surface area contributed by atoms with Crippen molar-refractivity contribution in [3.63, 3.8) is 0 Å². The summed E-state index contributed by atoms with van der Waals surface area (Å²) in [6.45, 7) is 4.07. The van der Waals surface area contributed by atoms with Crippen LogP contribution in [0.5, 0.6) is 0 Å². The highest BCUT2D eigenvalue weighted by molar-refractivity contribution is 5.99. The second-order valence-corrected chi connectivity index (χ2v) is 3.78. The van der Waals surface area contributed by atoms with Crippen LogP contribution in [-0.4, -0.2) is 10.7 Å². The molecule has 16 heavy (non-hydrogen) atoms. The number of rotatable bonds is 2. The molecule has 0 aliphatic carbocycles. The van der Waals surface area contributed by atoms with Gasteiger partial charge in [-0.2, -0.15) is 0 Å². The zero-order chi connectivity index (χ0) is 11.4. The number of aromatic nitrogens is 1. The average Bonchev–Trinajstić information content (AvgIpc) is 2.30. The van der Waals surface area contributed by atoms with E-state index < -0.39 is 0 Å². The van der Waals surface area contributed by atoms with E-state index in [0.717, 1.165) is 17.0 Å². The monoisotopic (exact) mass is 210 g/mol. The lowest BCUT2D eigenvalue weighted by atomic mass is 10.2. The summed E-state index contributed by atoms with van der Waals surface area (Å²) in [6.07, 6.45) is 3.60. The maximum absolute atomic E-state index is 4.57. The topological polar surface area (TPSA) is 25.2 Å². The van der Waals surface area contributed by atoms with Gasteiger partial charge in [0.1, 0.15) is 0 Å². The lowest BCUT2D eigenvalue weighted by molar-refractivity contribution is 1.31. The molecule has 0 radical (unpaired) electrons. The molecule has 80 valence electrons. The number of aryl methyl sites for hydroxylation is 1. The molecular formula is C14H14N2. The van der Waals surface area contributed by atoms with Crippen LogP contribution in [0, 0.1) is 6.92 Å². The summed E-state index contributed by atoms with van der Waals surface area (Å²) in [6, 6.07) is 12.1. The molecule has 0 N–H and O–H groups in total. The van der Waals surface area contributed by atoms with Crippen molar-refractivity contribution in [3.8, 4) is 0 Å². The van der Waals surface area contributed by atoms with Crippen LogP contribution in [0.25, 0.3) is 0 Å². The lowest BCUT2D eigenvalue weighted by Crippen LogP contribution is -1.93. The Bertz CT molecular complexity index is 501. The minimum Gasteiger partial charge on any atom is -0.264 e. The third-order valence-corrected chi connectivity index (χ3v) is 2.38. The van der Waals surface area contributed by atoms with Crippen LogP contribution in [0.4, 0.5) is 5.69 Å². The number of benzene rings is 1. The zero-order valence-electron chi connectivity index (χ0n) is 9.51. The van der Waals surface area contributed by atoms with Crippen molar-refractivity contribution >= 4 is 11.4 Å². The Morgan fingerprint density at radius 1 is 1.19 bits per heavy atom. The molecule has 0 saturated heterocycles. The second-order valence-electron chi connectivity index (χ2n) is 3.78. The Kier molecular flexibility index (Phi) is 3.10. The van der Waals surface area contributed by atoms with Crippen molar-refractivity contribution in [3.05, 3.63) is 59.9 Å². The van der Waals surface area contributed by atoms with Crippen LogP contribution < -0.4 is 0 Å². The van der Waals surface area contributed by atoms with Gasteiger partial charge in [-0.05, 0) is 37.6 Å². The summed E-state index contributed by atoms with van der Waals surface area (Å²) in [4.78, 5) is 8.65. The van der Waals surface area contributed by atoms with Crippen molar-refractivity contribution in [2.45, 2.75) is 13.8 Å². The lowest BCUT2D eigenvalue weighted by Gasteiger charge is -2.01. The number of pyridine rings is 1. The summed E-state index contributed by atoms with van der Waals surface area (Å²) in [5.41, 5.74) is 4.25. The molecule has 0 saturated carbocycles. The van der Waals surface area contributed by atoms with E-state index in [9.17, 15) is 0 Å². The molecule has 1 heterocycles. The highest BCUT2D eigenvalue weighted by atomic mass is 14.7. The van der Waals surface area contributed by atoms with Gasteiger partial charge in [-0.15, -0.1) is 0 Å². The Morgan fingerprint density at radius 2 is 2.06 bits per heavy atom. The van der Waals surface area contributed by atoms with Crippen LogP contribution in [-0.2, 0) is 0 Å². The summed E-state index contributed by atoms with van der Waals surface area (Å²) < 4.78 is 0. The van der Waals surface area contributed by atoms with E-state index >= 15 is 0 Å². The largest absolute Gasteiger partial charge is 0.264 e. The quantitative estimate of drug-likeness (QED) is 0.696.